The first-order chi connectivity index (χ1) is 9.42. The number of H-pyrrole nitrogens is 1. The number of hydrogen-bond donors (Lipinski definition) is 2. The van der Waals surface area contributed by atoms with Gasteiger partial charge in [0.2, 0.25) is 0 Å². The first-order valence-corrected chi connectivity index (χ1v) is 7.55. The molecule has 0 unspecified atom stereocenters. The lowest BCUT2D eigenvalue weighted by Gasteiger charge is -2.04. The number of nitrogens with zero attached hydrogens (tertiary/aromatic N) is 1. The minimum absolute atomic E-state index is 0.865. The molecule has 0 aliphatic rings. The summed E-state index contributed by atoms with van der Waals surface area (Å²) in [5, 5.41) is 12.8. The summed E-state index contributed by atoms with van der Waals surface area (Å²) < 4.78 is 5.03. The Kier molecular flexibility index (Phi) is 6.07. The highest BCUT2D eigenvalue weighted by Crippen LogP contribution is 2.25. The number of hydrogen-bond acceptors (Lipinski definition) is 4. The van der Waals surface area contributed by atoms with Crippen LogP contribution in [0.2, 0.25) is 0 Å². The van der Waals surface area contributed by atoms with Crippen molar-refractivity contribution < 1.29 is 4.74 Å². The molecule has 0 aliphatic carbocycles. The van der Waals surface area contributed by atoms with Crippen LogP contribution in [0.25, 0.3) is 10.6 Å². The molecule has 0 radical (unpaired) electrons. The van der Waals surface area contributed by atoms with E-state index in [0.29, 0.717) is 0 Å². The molecule has 4 nitrogen and oxygen atoms in total. The van der Waals surface area contributed by atoms with Crippen LogP contribution in [0.15, 0.2) is 23.7 Å². The largest absolute Gasteiger partial charge is 0.385 e. The average Bonchev–Trinajstić information content (AvgIpc) is 3.08. The van der Waals surface area contributed by atoms with Crippen molar-refractivity contribution in [1.29, 1.82) is 0 Å². The molecule has 0 atom stereocenters. The molecule has 2 N–H and O–H groups in total. The first-order valence-electron chi connectivity index (χ1n) is 6.67. The minimum Gasteiger partial charge on any atom is -0.385 e. The predicted molar refractivity (Wildman–Crippen MR) is 79.3 cm³/mol. The number of aromatic amines is 1. The number of thiophene rings is 1. The smallest absolute Gasteiger partial charge is 0.0794 e. The Morgan fingerprint density at radius 2 is 2.32 bits per heavy atom. The fourth-order valence-corrected chi connectivity index (χ4v) is 2.73. The van der Waals surface area contributed by atoms with E-state index in [9.17, 15) is 0 Å². The van der Waals surface area contributed by atoms with Gasteiger partial charge in [0, 0.05) is 25.8 Å². The second-order valence-corrected chi connectivity index (χ2v) is 5.43. The van der Waals surface area contributed by atoms with Gasteiger partial charge in [0.1, 0.15) is 0 Å². The topological polar surface area (TPSA) is 49.9 Å². The standard InChI is InChI=1S/C14H21N3OS/c1-18-8-4-2-3-7-15-10-12-11-16-17-14(12)13-6-5-9-19-13/h5-6,9,11,15H,2-4,7-8,10H2,1H3,(H,16,17). The highest BCUT2D eigenvalue weighted by molar-refractivity contribution is 7.13. The maximum atomic E-state index is 5.03. The van der Waals surface area contributed by atoms with E-state index in [2.05, 4.69) is 33.0 Å². The number of unbranched alkanes of at least 4 members (excludes halogenated alkanes) is 2. The lowest BCUT2D eigenvalue weighted by atomic mass is 10.2. The van der Waals surface area contributed by atoms with E-state index in [0.717, 1.165) is 31.8 Å². The molecule has 2 rings (SSSR count). The Labute approximate surface area is 118 Å². The average molecular weight is 279 g/mol. The van der Waals surface area contributed by atoms with Gasteiger partial charge in [0.25, 0.3) is 0 Å². The van der Waals surface area contributed by atoms with Crippen LogP contribution in [0.5, 0.6) is 0 Å². The fraction of sp³-hybridized carbons (Fsp3) is 0.500. The zero-order valence-corrected chi connectivity index (χ0v) is 12.1. The second-order valence-electron chi connectivity index (χ2n) is 4.48. The lowest BCUT2D eigenvalue weighted by Crippen LogP contribution is -2.14. The molecule has 0 aromatic carbocycles. The Hall–Kier alpha value is -1.17. The molecule has 2 heterocycles. The molecular weight excluding hydrogens is 258 g/mol. The molecule has 0 spiro atoms. The van der Waals surface area contributed by atoms with Gasteiger partial charge in [-0.3, -0.25) is 5.10 Å². The molecule has 0 amide bonds. The first kappa shape index (κ1) is 14.2. The van der Waals surface area contributed by atoms with Crippen molar-refractivity contribution in [3.8, 4) is 10.6 Å². The van der Waals surface area contributed by atoms with Gasteiger partial charge in [-0.1, -0.05) is 6.07 Å². The molecular formula is C14H21N3OS. The normalized spacial score (nSPS) is 11.0. The van der Waals surface area contributed by atoms with E-state index < -0.39 is 0 Å². The number of rotatable bonds is 9. The Morgan fingerprint density at radius 1 is 1.37 bits per heavy atom. The molecule has 5 heteroatoms. The summed E-state index contributed by atoms with van der Waals surface area (Å²) in [6.07, 6.45) is 5.46. The van der Waals surface area contributed by atoms with Gasteiger partial charge in [0.05, 0.1) is 16.8 Å². The number of ether oxygens (including phenoxy) is 1. The van der Waals surface area contributed by atoms with Crippen molar-refractivity contribution >= 4 is 11.3 Å². The van der Waals surface area contributed by atoms with E-state index in [-0.39, 0.29) is 0 Å². The molecule has 19 heavy (non-hydrogen) atoms. The van der Waals surface area contributed by atoms with Gasteiger partial charge in [-0.15, -0.1) is 11.3 Å². The van der Waals surface area contributed by atoms with Gasteiger partial charge in [-0.05, 0) is 37.3 Å². The number of methoxy groups -OCH3 is 1. The van der Waals surface area contributed by atoms with E-state index in [1.807, 2.05) is 6.20 Å². The zero-order valence-electron chi connectivity index (χ0n) is 11.3. The summed E-state index contributed by atoms with van der Waals surface area (Å²) in [5.74, 6) is 0. The molecule has 0 bridgehead atoms. The minimum atomic E-state index is 0.865. The number of aromatic nitrogens is 2. The zero-order chi connectivity index (χ0) is 13.3. The Bertz CT molecular complexity index is 453. The van der Waals surface area contributed by atoms with E-state index in [1.165, 1.54) is 23.3 Å². The van der Waals surface area contributed by atoms with Crippen molar-refractivity contribution in [3.05, 3.63) is 29.3 Å². The quantitative estimate of drug-likeness (QED) is 0.694. The maximum absolute atomic E-state index is 5.03. The van der Waals surface area contributed by atoms with Crippen LogP contribution in [0.3, 0.4) is 0 Å². The highest BCUT2D eigenvalue weighted by atomic mass is 32.1. The van der Waals surface area contributed by atoms with Crippen LogP contribution in [0.4, 0.5) is 0 Å². The Morgan fingerprint density at radius 3 is 3.11 bits per heavy atom. The van der Waals surface area contributed by atoms with Gasteiger partial charge >= 0.3 is 0 Å². The summed E-state index contributed by atoms with van der Waals surface area (Å²) in [6.45, 7) is 2.77. The molecule has 0 saturated carbocycles. The molecule has 0 fully saturated rings. The van der Waals surface area contributed by atoms with E-state index >= 15 is 0 Å². The van der Waals surface area contributed by atoms with Crippen molar-refractivity contribution in [2.75, 3.05) is 20.3 Å². The SMILES string of the molecule is COCCCCCNCc1cn[nH]c1-c1cccs1. The van der Waals surface area contributed by atoms with Gasteiger partial charge < -0.3 is 10.1 Å². The summed E-state index contributed by atoms with van der Waals surface area (Å²) in [7, 11) is 1.75. The summed E-state index contributed by atoms with van der Waals surface area (Å²) >= 11 is 1.73. The predicted octanol–water partition coefficient (Wildman–Crippen LogP) is 3.04. The lowest BCUT2D eigenvalue weighted by molar-refractivity contribution is 0.192. The molecule has 0 aliphatic heterocycles. The van der Waals surface area contributed by atoms with Gasteiger partial charge in [-0.2, -0.15) is 5.10 Å². The van der Waals surface area contributed by atoms with Gasteiger partial charge in [0.15, 0.2) is 0 Å². The van der Waals surface area contributed by atoms with E-state index in [1.54, 1.807) is 18.4 Å². The second kappa shape index (κ2) is 8.09. The fourth-order valence-electron chi connectivity index (χ4n) is 1.98. The van der Waals surface area contributed by atoms with Crippen LogP contribution in [-0.2, 0) is 11.3 Å². The molecule has 104 valence electrons. The summed E-state index contributed by atoms with van der Waals surface area (Å²) in [6, 6.07) is 4.18. The maximum Gasteiger partial charge on any atom is 0.0794 e. The molecule has 2 aromatic rings. The Balaban J connectivity index is 1.71. The van der Waals surface area contributed by atoms with Crippen LogP contribution >= 0.6 is 11.3 Å². The van der Waals surface area contributed by atoms with Crippen LogP contribution in [0.1, 0.15) is 24.8 Å². The molecule has 2 aromatic heterocycles. The van der Waals surface area contributed by atoms with Crippen LogP contribution in [0, 0.1) is 0 Å². The van der Waals surface area contributed by atoms with Crippen LogP contribution < -0.4 is 5.32 Å². The summed E-state index contributed by atoms with van der Waals surface area (Å²) in [5.41, 5.74) is 2.38. The highest BCUT2D eigenvalue weighted by Gasteiger charge is 2.07. The monoisotopic (exact) mass is 279 g/mol. The van der Waals surface area contributed by atoms with Crippen LogP contribution in [-0.4, -0.2) is 30.5 Å². The molecule has 0 saturated heterocycles. The summed E-state index contributed by atoms with van der Waals surface area (Å²) in [4.78, 5) is 1.24. The number of nitrogens with one attached hydrogen (secondary N) is 2. The third-order valence-corrected chi connectivity index (χ3v) is 3.89. The van der Waals surface area contributed by atoms with Crippen molar-refractivity contribution in [2.45, 2.75) is 25.8 Å². The van der Waals surface area contributed by atoms with Crippen molar-refractivity contribution in [3.63, 3.8) is 0 Å². The third-order valence-electron chi connectivity index (χ3n) is 3.00. The van der Waals surface area contributed by atoms with E-state index in [4.69, 9.17) is 4.74 Å². The van der Waals surface area contributed by atoms with Gasteiger partial charge in [-0.25, -0.2) is 0 Å². The van der Waals surface area contributed by atoms with Crippen molar-refractivity contribution in [1.82, 2.24) is 15.5 Å². The third kappa shape index (κ3) is 4.45. The van der Waals surface area contributed by atoms with Crippen molar-refractivity contribution in [2.24, 2.45) is 0 Å².